The van der Waals surface area contributed by atoms with E-state index in [0.29, 0.717) is 11.4 Å². The summed E-state index contributed by atoms with van der Waals surface area (Å²) < 4.78 is 26.7. The first-order valence-electron chi connectivity index (χ1n) is 6.86. The average molecular weight is 340 g/mol. The van der Waals surface area contributed by atoms with E-state index in [0.717, 1.165) is 11.1 Å². The fourth-order valence-electron chi connectivity index (χ4n) is 1.99. The maximum atomic E-state index is 12.2. The molecule has 0 radical (unpaired) electrons. The van der Waals surface area contributed by atoms with Crippen molar-refractivity contribution >= 4 is 21.6 Å². The van der Waals surface area contributed by atoms with E-state index in [-0.39, 0.29) is 11.4 Å². The molecule has 0 saturated carbocycles. The maximum Gasteiger partial charge on any atom is 0.240 e. The van der Waals surface area contributed by atoms with Gasteiger partial charge in [0.15, 0.2) is 0 Å². The lowest BCUT2D eigenvalue weighted by Gasteiger charge is -2.13. The smallest absolute Gasteiger partial charge is 0.240 e. The minimum Gasteiger partial charge on any atom is -0.391 e. The van der Waals surface area contributed by atoms with Crippen LogP contribution in [0.5, 0.6) is 0 Å². The molecule has 2 rings (SSSR count). The molecule has 0 aliphatic heterocycles. The van der Waals surface area contributed by atoms with Gasteiger partial charge in [-0.2, -0.15) is 0 Å². The Hall–Kier alpha value is -1.40. The summed E-state index contributed by atoms with van der Waals surface area (Å²) in [6.45, 7) is 1.75. The molecule has 0 aliphatic rings. The van der Waals surface area contributed by atoms with Crippen molar-refractivity contribution in [2.45, 2.75) is 24.3 Å². The SMILES string of the molecule is Cc1ccc(S(=O)(=O)NCC(O)Cc2ccccc2)cc1Cl. The summed E-state index contributed by atoms with van der Waals surface area (Å²) in [7, 11) is -3.68. The first-order valence-corrected chi connectivity index (χ1v) is 8.72. The number of sulfonamides is 1. The van der Waals surface area contributed by atoms with Crippen LogP contribution in [0.15, 0.2) is 53.4 Å². The van der Waals surface area contributed by atoms with Crippen molar-refractivity contribution in [2.75, 3.05) is 6.54 Å². The van der Waals surface area contributed by atoms with E-state index in [9.17, 15) is 13.5 Å². The number of aryl methyl sites for hydroxylation is 1. The van der Waals surface area contributed by atoms with Gasteiger partial charge in [0.25, 0.3) is 0 Å². The topological polar surface area (TPSA) is 66.4 Å². The molecule has 0 spiro atoms. The summed E-state index contributed by atoms with van der Waals surface area (Å²) >= 11 is 5.95. The lowest BCUT2D eigenvalue weighted by atomic mass is 10.1. The third kappa shape index (κ3) is 4.55. The Labute approximate surface area is 135 Å². The van der Waals surface area contributed by atoms with Crippen LogP contribution in [-0.2, 0) is 16.4 Å². The monoisotopic (exact) mass is 339 g/mol. The Morgan fingerprint density at radius 3 is 2.50 bits per heavy atom. The number of halogens is 1. The molecule has 6 heteroatoms. The van der Waals surface area contributed by atoms with Gasteiger partial charge in [-0.3, -0.25) is 0 Å². The Bertz CT molecular complexity index is 732. The molecule has 22 heavy (non-hydrogen) atoms. The molecular formula is C16H18ClNO3S. The first-order chi connectivity index (χ1) is 10.4. The fraction of sp³-hybridized carbons (Fsp3) is 0.250. The molecule has 0 fully saturated rings. The van der Waals surface area contributed by atoms with E-state index in [1.807, 2.05) is 30.3 Å². The summed E-state index contributed by atoms with van der Waals surface area (Å²) in [5.41, 5.74) is 1.76. The van der Waals surface area contributed by atoms with Crippen molar-refractivity contribution in [2.24, 2.45) is 0 Å². The molecule has 0 heterocycles. The average Bonchev–Trinajstić information content (AvgIpc) is 2.49. The number of hydrogen-bond donors (Lipinski definition) is 2. The Morgan fingerprint density at radius 2 is 1.86 bits per heavy atom. The molecule has 2 aromatic rings. The standard InChI is InChI=1S/C16H18ClNO3S/c1-12-7-8-15(10-16(12)17)22(20,21)18-11-14(19)9-13-5-3-2-4-6-13/h2-8,10,14,18-19H,9,11H2,1H3. The summed E-state index contributed by atoms with van der Waals surface area (Å²) in [5.74, 6) is 0. The van der Waals surface area contributed by atoms with Crippen molar-refractivity contribution < 1.29 is 13.5 Å². The van der Waals surface area contributed by atoms with E-state index < -0.39 is 16.1 Å². The minimum absolute atomic E-state index is 0.0529. The second kappa shape index (κ2) is 7.24. The van der Waals surface area contributed by atoms with Crippen molar-refractivity contribution in [3.05, 3.63) is 64.7 Å². The van der Waals surface area contributed by atoms with E-state index in [1.165, 1.54) is 12.1 Å². The van der Waals surface area contributed by atoms with Crippen LogP contribution >= 0.6 is 11.6 Å². The van der Waals surface area contributed by atoms with Crippen LogP contribution in [0.4, 0.5) is 0 Å². The predicted octanol–water partition coefficient (Wildman–Crippen LogP) is 2.53. The molecule has 0 saturated heterocycles. The van der Waals surface area contributed by atoms with Gasteiger partial charge in [-0.25, -0.2) is 13.1 Å². The van der Waals surface area contributed by atoms with Crippen molar-refractivity contribution in [1.29, 1.82) is 0 Å². The van der Waals surface area contributed by atoms with Crippen LogP contribution in [-0.4, -0.2) is 26.2 Å². The van der Waals surface area contributed by atoms with Gasteiger partial charge in [-0.05, 0) is 36.6 Å². The molecule has 0 bridgehead atoms. The number of aliphatic hydroxyl groups is 1. The zero-order valence-corrected chi connectivity index (χ0v) is 13.7. The molecule has 1 atom stereocenters. The van der Waals surface area contributed by atoms with Crippen molar-refractivity contribution in [3.63, 3.8) is 0 Å². The van der Waals surface area contributed by atoms with E-state index in [2.05, 4.69) is 4.72 Å². The highest BCUT2D eigenvalue weighted by Crippen LogP contribution is 2.19. The number of aliphatic hydroxyl groups excluding tert-OH is 1. The number of benzene rings is 2. The highest BCUT2D eigenvalue weighted by Gasteiger charge is 2.17. The number of nitrogens with one attached hydrogen (secondary N) is 1. The van der Waals surface area contributed by atoms with Crippen LogP contribution < -0.4 is 4.72 Å². The molecule has 2 aromatic carbocycles. The van der Waals surface area contributed by atoms with Crippen molar-refractivity contribution in [3.8, 4) is 0 Å². The molecule has 2 N–H and O–H groups in total. The molecule has 0 aliphatic carbocycles. The summed E-state index contributed by atoms with van der Waals surface area (Å²) in [6.07, 6.45) is -0.407. The zero-order valence-electron chi connectivity index (χ0n) is 12.2. The largest absolute Gasteiger partial charge is 0.391 e. The lowest BCUT2D eigenvalue weighted by Crippen LogP contribution is -2.33. The quantitative estimate of drug-likeness (QED) is 0.850. The van der Waals surface area contributed by atoms with Crippen LogP contribution in [0.2, 0.25) is 5.02 Å². The van der Waals surface area contributed by atoms with Gasteiger partial charge in [0.05, 0.1) is 11.0 Å². The number of rotatable bonds is 6. The van der Waals surface area contributed by atoms with Gasteiger partial charge < -0.3 is 5.11 Å². The van der Waals surface area contributed by atoms with Crippen LogP contribution in [0.3, 0.4) is 0 Å². The maximum absolute atomic E-state index is 12.2. The van der Waals surface area contributed by atoms with Gasteiger partial charge >= 0.3 is 0 Å². The van der Waals surface area contributed by atoms with Crippen LogP contribution in [0, 0.1) is 6.92 Å². The Kier molecular flexibility index (Phi) is 5.58. The first kappa shape index (κ1) is 17.0. The van der Waals surface area contributed by atoms with Gasteiger partial charge in [-0.1, -0.05) is 48.0 Å². The zero-order chi connectivity index (χ0) is 16.2. The number of hydrogen-bond acceptors (Lipinski definition) is 3. The third-order valence-corrected chi connectivity index (χ3v) is 5.11. The molecule has 0 aromatic heterocycles. The van der Waals surface area contributed by atoms with Gasteiger partial charge in [0.1, 0.15) is 0 Å². The summed E-state index contributed by atoms with van der Waals surface area (Å²) in [5, 5.41) is 10.4. The predicted molar refractivity (Wildman–Crippen MR) is 87.5 cm³/mol. The highest BCUT2D eigenvalue weighted by atomic mass is 35.5. The molecule has 118 valence electrons. The summed E-state index contributed by atoms with van der Waals surface area (Å²) in [6, 6.07) is 14.0. The third-order valence-electron chi connectivity index (χ3n) is 3.28. The van der Waals surface area contributed by atoms with Gasteiger partial charge in [-0.15, -0.1) is 0 Å². The fourth-order valence-corrected chi connectivity index (χ4v) is 3.33. The second-order valence-corrected chi connectivity index (χ2v) is 7.28. The second-order valence-electron chi connectivity index (χ2n) is 5.11. The highest BCUT2D eigenvalue weighted by molar-refractivity contribution is 7.89. The molecule has 4 nitrogen and oxygen atoms in total. The van der Waals surface area contributed by atoms with Gasteiger partial charge in [0.2, 0.25) is 10.0 Å². The molecular weight excluding hydrogens is 322 g/mol. The normalized spacial score (nSPS) is 13.0. The van der Waals surface area contributed by atoms with Crippen LogP contribution in [0.25, 0.3) is 0 Å². The van der Waals surface area contributed by atoms with Crippen LogP contribution in [0.1, 0.15) is 11.1 Å². The molecule has 1 unspecified atom stereocenters. The minimum atomic E-state index is -3.68. The Morgan fingerprint density at radius 1 is 1.18 bits per heavy atom. The molecule has 0 amide bonds. The van der Waals surface area contributed by atoms with Gasteiger partial charge in [0, 0.05) is 11.6 Å². The summed E-state index contributed by atoms with van der Waals surface area (Å²) in [4.78, 5) is 0.0926. The van der Waals surface area contributed by atoms with E-state index in [1.54, 1.807) is 13.0 Å². The van der Waals surface area contributed by atoms with E-state index in [4.69, 9.17) is 11.6 Å². The Balaban J connectivity index is 1.98. The van der Waals surface area contributed by atoms with Crippen molar-refractivity contribution in [1.82, 2.24) is 4.72 Å². The van der Waals surface area contributed by atoms with E-state index >= 15 is 0 Å². The lowest BCUT2D eigenvalue weighted by molar-refractivity contribution is 0.179.